The standard InChI is InChI=1S/C10H13N3OS2/c1-10(2,11)9-12-7(14-13-9)6-16-8-4-3-5-15-8/h3-5H,6,11H2,1-2H3. The van der Waals surface area contributed by atoms with E-state index in [1.807, 2.05) is 25.3 Å². The van der Waals surface area contributed by atoms with E-state index < -0.39 is 5.54 Å². The summed E-state index contributed by atoms with van der Waals surface area (Å²) < 4.78 is 6.37. The highest BCUT2D eigenvalue weighted by Gasteiger charge is 2.21. The Morgan fingerprint density at radius 3 is 2.94 bits per heavy atom. The number of thiophene rings is 1. The summed E-state index contributed by atoms with van der Waals surface area (Å²) in [5.74, 6) is 1.85. The van der Waals surface area contributed by atoms with E-state index in [-0.39, 0.29) is 0 Å². The molecule has 0 unspecified atom stereocenters. The molecule has 4 nitrogen and oxygen atoms in total. The van der Waals surface area contributed by atoms with Gasteiger partial charge in [-0.15, -0.1) is 23.1 Å². The van der Waals surface area contributed by atoms with E-state index >= 15 is 0 Å². The first-order valence-electron chi connectivity index (χ1n) is 4.84. The largest absolute Gasteiger partial charge is 0.338 e. The molecule has 2 rings (SSSR count). The van der Waals surface area contributed by atoms with Crippen molar-refractivity contribution >= 4 is 23.1 Å². The zero-order chi connectivity index (χ0) is 11.6. The minimum absolute atomic E-state index is 0.546. The fraction of sp³-hybridized carbons (Fsp3) is 0.400. The molecule has 0 bridgehead atoms. The number of thioether (sulfide) groups is 1. The lowest BCUT2D eigenvalue weighted by molar-refractivity contribution is 0.370. The van der Waals surface area contributed by atoms with E-state index in [0.717, 1.165) is 0 Å². The van der Waals surface area contributed by atoms with Crippen LogP contribution < -0.4 is 5.73 Å². The van der Waals surface area contributed by atoms with Gasteiger partial charge in [-0.05, 0) is 25.3 Å². The van der Waals surface area contributed by atoms with Crippen LogP contribution in [0.4, 0.5) is 0 Å². The Labute approximate surface area is 102 Å². The zero-order valence-electron chi connectivity index (χ0n) is 9.14. The molecule has 2 aromatic heterocycles. The molecule has 0 aliphatic rings. The molecule has 0 fully saturated rings. The maximum absolute atomic E-state index is 5.87. The molecular weight excluding hydrogens is 242 g/mol. The van der Waals surface area contributed by atoms with Gasteiger partial charge in [0.15, 0.2) is 5.82 Å². The van der Waals surface area contributed by atoms with Gasteiger partial charge in [-0.3, -0.25) is 0 Å². The van der Waals surface area contributed by atoms with Crippen molar-refractivity contribution in [3.8, 4) is 0 Å². The van der Waals surface area contributed by atoms with Crippen LogP contribution in [0.2, 0.25) is 0 Å². The quantitative estimate of drug-likeness (QED) is 0.851. The lowest BCUT2D eigenvalue weighted by Crippen LogP contribution is -2.30. The number of nitrogens with two attached hydrogens (primary N) is 1. The molecule has 2 heterocycles. The van der Waals surface area contributed by atoms with Crippen molar-refractivity contribution in [1.82, 2.24) is 10.1 Å². The van der Waals surface area contributed by atoms with Crippen LogP contribution in [0.25, 0.3) is 0 Å². The third-order valence-corrected chi connectivity index (χ3v) is 3.99. The normalized spacial score (nSPS) is 11.9. The Balaban J connectivity index is 1.98. The molecule has 16 heavy (non-hydrogen) atoms. The molecule has 2 N–H and O–H groups in total. The number of rotatable bonds is 4. The van der Waals surface area contributed by atoms with Crippen molar-refractivity contribution in [2.75, 3.05) is 0 Å². The summed E-state index contributed by atoms with van der Waals surface area (Å²) in [4.78, 5) is 4.26. The van der Waals surface area contributed by atoms with Crippen LogP contribution in [0.15, 0.2) is 26.2 Å². The van der Waals surface area contributed by atoms with Gasteiger partial charge in [-0.2, -0.15) is 4.98 Å². The van der Waals surface area contributed by atoms with Crippen molar-refractivity contribution in [3.63, 3.8) is 0 Å². The maximum Gasteiger partial charge on any atom is 0.237 e. The number of aromatic nitrogens is 2. The van der Waals surface area contributed by atoms with Gasteiger partial charge in [0.2, 0.25) is 5.89 Å². The summed E-state index contributed by atoms with van der Waals surface area (Å²) in [5.41, 5.74) is 5.32. The van der Waals surface area contributed by atoms with Gasteiger partial charge in [-0.1, -0.05) is 11.2 Å². The Bertz CT molecular complexity index is 445. The van der Waals surface area contributed by atoms with Crippen molar-refractivity contribution in [2.45, 2.75) is 29.3 Å². The second-order valence-electron chi connectivity index (χ2n) is 3.95. The average molecular weight is 255 g/mol. The van der Waals surface area contributed by atoms with Crippen molar-refractivity contribution in [3.05, 3.63) is 29.2 Å². The Morgan fingerprint density at radius 2 is 2.38 bits per heavy atom. The monoisotopic (exact) mass is 255 g/mol. The van der Waals surface area contributed by atoms with Crippen molar-refractivity contribution in [2.24, 2.45) is 5.73 Å². The van der Waals surface area contributed by atoms with E-state index in [1.54, 1.807) is 23.1 Å². The van der Waals surface area contributed by atoms with Crippen molar-refractivity contribution < 1.29 is 4.52 Å². The number of hydrogen-bond donors (Lipinski definition) is 1. The zero-order valence-corrected chi connectivity index (χ0v) is 10.8. The lowest BCUT2D eigenvalue weighted by atomic mass is 10.1. The minimum Gasteiger partial charge on any atom is -0.338 e. The first kappa shape index (κ1) is 11.6. The summed E-state index contributed by atoms with van der Waals surface area (Å²) in [7, 11) is 0. The predicted molar refractivity (Wildman–Crippen MR) is 65.4 cm³/mol. The van der Waals surface area contributed by atoms with Gasteiger partial charge in [0, 0.05) is 0 Å². The fourth-order valence-corrected chi connectivity index (χ4v) is 2.68. The molecule has 0 atom stereocenters. The smallest absolute Gasteiger partial charge is 0.237 e. The molecule has 0 radical (unpaired) electrons. The SMILES string of the molecule is CC(C)(N)c1noc(CSc2cccs2)n1. The van der Waals surface area contributed by atoms with Crippen LogP contribution in [0.5, 0.6) is 0 Å². The molecule has 0 aliphatic heterocycles. The summed E-state index contributed by atoms with van der Waals surface area (Å²) in [6.45, 7) is 3.71. The molecule has 6 heteroatoms. The Hall–Kier alpha value is -0.850. The van der Waals surface area contributed by atoms with Crippen LogP contribution in [0, 0.1) is 0 Å². The van der Waals surface area contributed by atoms with Gasteiger partial charge in [0.25, 0.3) is 0 Å². The van der Waals surface area contributed by atoms with Crippen molar-refractivity contribution in [1.29, 1.82) is 0 Å². The number of nitrogens with zero attached hydrogens (tertiary/aromatic N) is 2. The van der Waals surface area contributed by atoms with Gasteiger partial charge in [0.05, 0.1) is 15.5 Å². The van der Waals surface area contributed by atoms with Gasteiger partial charge in [0.1, 0.15) is 0 Å². The van der Waals surface area contributed by atoms with Crippen LogP contribution in [-0.4, -0.2) is 10.1 Å². The van der Waals surface area contributed by atoms with Gasteiger partial charge in [-0.25, -0.2) is 0 Å². The molecular formula is C10H13N3OS2. The molecule has 0 saturated heterocycles. The maximum atomic E-state index is 5.87. The fourth-order valence-electron chi connectivity index (χ4n) is 1.05. The molecule has 86 valence electrons. The van der Waals surface area contributed by atoms with E-state index in [0.29, 0.717) is 17.5 Å². The molecule has 2 aromatic rings. The second kappa shape index (κ2) is 4.57. The molecule has 0 aliphatic carbocycles. The number of hydrogen-bond acceptors (Lipinski definition) is 6. The second-order valence-corrected chi connectivity index (χ2v) is 6.18. The van der Waals surface area contributed by atoms with E-state index in [4.69, 9.17) is 10.3 Å². The third kappa shape index (κ3) is 2.84. The Kier molecular flexibility index (Phi) is 3.32. The average Bonchev–Trinajstić information content (AvgIpc) is 2.85. The van der Waals surface area contributed by atoms with E-state index in [2.05, 4.69) is 16.2 Å². The summed E-state index contributed by atoms with van der Waals surface area (Å²) in [5, 5.41) is 5.91. The summed E-state index contributed by atoms with van der Waals surface area (Å²) in [6, 6.07) is 4.09. The third-order valence-electron chi connectivity index (χ3n) is 1.88. The van der Waals surface area contributed by atoms with Crippen LogP contribution in [0.3, 0.4) is 0 Å². The topological polar surface area (TPSA) is 64.9 Å². The molecule has 0 amide bonds. The summed E-state index contributed by atoms with van der Waals surface area (Å²) in [6.07, 6.45) is 0. The predicted octanol–water partition coefficient (Wildman–Crippen LogP) is 2.62. The lowest BCUT2D eigenvalue weighted by Gasteiger charge is -2.11. The Morgan fingerprint density at radius 1 is 1.56 bits per heavy atom. The van der Waals surface area contributed by atoms with Crippen LogP contribution >= 0.6 is 23.1 Å². The first-order chi connectivity index (χ1) is 7.55. The minimum atomic E-state index is -0.546. The molecule has 0 spiro atoms. The molecule has 0 aromatic carbocycles. The van der Waals surface area contributed by atoms with Crippen LogP contribution in [-0.2, 0) is 11.3 Å². The highest BCUT2D eigenvalue weighted by molar-refractivity contribution is 8.00. The highest BCUT2D eigenvalue weighted by Crippen LogP contribution is 2.26. The van der Waals surface area contributed by atoms with Gasteiger partial charge >= 0.3 is 0 Å². The van der Waals surface area contributed by atoms with Gasteiger partial charge < -0.3 is 10.3 Å². The highest BCUT2D eigenvalue weighted by atomic mass is 32.2. The first-order valence-corrected chi connectivity index (χ1v) is 6.70. The van der Waals surface area contributed by atoms with E-state index in [9.17, 15) is 0 Å². The van der Waals surface area contributed by atoms with Crippen LogP contribution in [0.1, 0.15) is 25.6 Å². The molecule has 0 saturated carbocycles. The summed E-state index contributed by atoms with van der Waals surface area (Å²) >= 11 is 3.39. The van der Waals surface area contributed by atoms with E-state index in [1.165, 1.54) is 4.21 Å².